The summed E-state index contributed by atoms with van der Waals surface area (Å²) in [5, 5.41) is 0.716. The van der Waals surface area contributed by atoms with Crippen molar-refractivity contribution in [2.75, 3.05) is 6.61 Å². The van der Waals surface area contributed by atoms with E-state index in [2.05, 4.69) is 47.8 Å². The van der Waals surface area contributed by atoms with Gasteiger partial charge in [-0.1, -0.05) is 15.9 Å². The standard InChI is InChI=1S/C11H11Br3O2/c1-2-16-11(15)5-7-3-9(13)10(14)4-8(7)6-12/h3-4H,2,5-6H2,1H3. The van der Waals surface area contributed by atoms with Crippen LogP contribution >= 0.6 is 47.8 Å². The van der Waals surface area contributed by atoms with Crippen LogP contribution in [0.1, 0.15) is 18.1 Å². The number of halogens is 3. The van der Waals surface area contributed by atoms with E-state index in [1.807, 2.05) is 12.1 Å². The Bertz CT molecular complexity index is 391. The summed E-state index contributed by atoms with van der Waals surface area (Å²) in [6, 6.07) is 3.94. The number of hydrogen-bond acceptors (Lipinski definition) is 2. The number of rotatable bonds is 4. The molecule has 0 aliphatic carbocycles. The van der Waals surface area contributed by atoms with Crippen molar-refractivity contribution >= 4 is 53.8 Å². The van der Waals surface area contributed by atoms with E-state index in [1.54, 1.807) is 6.92 Å². The van der Waals surface area contributed by atoms with Gasteiger partial charge in [-0.05, 0) is 62.0 Å². The van der Waals surface area contributed by atoms with Gasteiger partial charge in [-0.15, -0.1) is 0 Å². The molecule has 0 saturated heterocycles. The second-order valence-corrected chi connectivity index (χ2v) is 5.42. The first-order valence-corrected chi connectivity index (χ1v) is 7.47. The summed E-state index contributed by atoms with van der Waals surface area (Å²) in [6.07, 6.45) is 0.306. The second kappa shape index (κ2) is 6.77. The van der Waals surface area contributed by atoms with Crippen LogP contribution in [-0.2, 0) is 21.3 Å². The topological polar surface area (TPSA) is 26.3 Å². The molecular weight excluding hydrogens is 404 g/mol. The van der Waals surface area contributed by atoms with Crippen molar-refractivity contribution < 1.29 is 9.53 Å². The van der Waals surface area contributed by atoms with Gasteiger partial charge in [0.1, 0.15) is 0 Å². The fourth-order valence-electron chi connectivity index (χ4n) is 1.29. The first-order valence-electron chi connectivity index (χ1n) is 4.76. The number of esters is 1. The predicted octanol–water partition coefficient (Wildman–Crippen LogP) is 4.21. The van der Waals surface area contributed by atoms with E-state index in [-0.39, 0.29) is 5.97 Å². The van der Waals surface area contributed by atoms with Gasteiger partial charge in [-0.25, -0.2) is 0 Å². The largest absolute Gasteiger partial charge is 0.466 e. The molecule has 1 aromatic rings. The van der Waals surface area contributed by atoms with Crippen LogP contribution in [0.5, 0.6) is 0 Å². The lowest BCUT2D eigenvalue weighted by molar-refractivity contribution is -0.142. The van der Waals surface area contributed by atoms with Gasteiger partial charge in [-0.2, -0.15) is 0 Å². The Kier molecular flexibility index (Phi) is 6.00. The van der Waals surface area contributed by atoms with Crippen LogP contribution in [0.3, 0.4) is 0 Å². The molecule has 1 aromatic carbocycles. The highest BCUT2D eigenvalue weighted by Gasteiger charge is 2.10. The molecule has 0 spiro atoms. The average molecular weight is 415 g/mol. The van der Waals surface area contributed by atoms with E-state index >= 15 is 0 Å². The third kappa shape index (κ3) is 3.86. The third-order valence-corrected chi connectivity index (χ3v) is 4.47. The number of alkyl halides is 1. The Labute approximate surface area is 120 Å². The van der Waals surface area contributed by atoms with Crippen molar-refractivity contribution in [2.45, 2.75) is 18.7 Å². The van der Waals surface area contributed by atoms with Crippen LogP contribution in [0.25, 0.3) is 0 Å². The zero-order valence-corrected chi connectivity index (χ0v) is 13.5. The molecule has 0 aromatic heterocycles. The Hall–Kier alpha value is 0.130. The third-order valence-electron chi connectivity index (χ3n) is 2.03. The number of hydrogen-bond donors (Lipinski definition) is 0. The number of benzene rings is 1. The van der Waals surface area contributed by atoms with Crippen molar-refractivity contribution in [2.24, 2.45) is 0 Å². The summed E-state index contributed by atoms with van der Waals surface area (Å²) >= 11 is 10.3. The molecule has 0 unspecified atom stereocenters. The summed E-state index contributed by atoms with van der Waals surface area (Å²) in [5.74, 6) is -0.195. The van der Waals surface area contributed by atoms with Crippen LogP contribution < -0.4 is 0 Å². The molecule has 0 bridgehead atoms. The van der Waals surface area contributed by atoms with Gasteiger partial charge in [0.2, 0.25) is 0 Å². The van der Waals surface area contributed by atoms with E-state index in [4.69, 9.17) is 4.74 Å². The number of carbonyl (C=O) groups excluding carboxylic acids is 1. The molecule has 0 radical (unpaired) electrons. The molecule has 5 heteroatoms. The highest BCUT2D eigenvalue weighted by Crippen LogP contribution is 2.28. The highest BCUT2D eigenvalue weighted by molar-refractivity contribution is 9.13. The first kappa shape index (κ1) is 14.2. The zero-order valence-electron chi connectivity index (χ0n) is 8.73. The maximum absolute atomic E-state index is 11.4. The summed E-state index contributed by atoms with van der Waals surface area (Å²) in [5.41, 5.74) is 2.06. The van der Waals surface area contributed by atoms with E-state index in [1.165, 1.54) is 0 Å². The molecule has 0 aliphatic rings. The average Bonchev–Trinajstić information content (AvgIpc) is 2.23. The van der Waals surface area contributed by atoms with Gasteiger partial charge < -0.3 is 4.74 Å². The number of carbonyl (C=O) groups is 1. The van der Waals surface area contributed by atoms with E-state index in [0.717, 1.165) is 20.1 Å². The lowest BCUT2D eigenvalue weighted by atomic mass is 10.1. The van der Waals surface area contributed by atoms with Crippen molar-refractivity contribution in [3.8, 4) is 0 Å². The molecule has 88 valence electrons. The molecule has 0 N–H and O–H groups in total. The Morgan fingerprint density at radius 3 is 2.31 bits per heavy atom. The van der Waals surface area contributed by atoms with E-state index in [0.29, 0.717) is 18.4 Å². The molecule has 0 saturated carbocycles. The first-order chi connectivity index (χ1) is 7.58. The molecule has 0 fully saturated rings. The molecule has 0 amide bonds. The quantitative estimate of drug-likeness (QED) is 0.545. The van der Waals surface area contributed by atoms with Crippen LogP contribution in [0, 0.1) is 0 Å². The fraction of sp³-hybridized carbons (Fsp3) is 0.364. The van der Waals surface area contributed by atoms with Crippen molar-refractivity contribution in [1.29, 1.82) is 0 Å². The smallest absolute Gasteiger partial charge is 0.310 e. The SMILES string of the molecule is CCOC(=O)Cc1cc(Br)c(Br)cc1CBr. The van der Waals surface area contributed by atoms with Crippen LogP contribution in [0.2, 0.25) is 0 Å². The molecule has 2 nitrogen and oxygen atoms in total. The normalized spacial score (nSPS) is 10.2. The second-order valence-electron chi connectivity index (χ2n) is 3.15. The van der Waals surface area contributed by atoms with E-state index in [9.17, 15) is 4.79 Å². The van der Waals surface area contributed by atoms with Crippen molar-refractivity contribution in [3.63, 3.8) is 0 Å². The van der Waals surface area contributed by atoms with Gasteiger partial charge >= 0.3 is 5.97 Å². The lowest BCUT2D eigenvalue weighted by Crippen LogP contribution is -2.09. The van der Waals surface area contributed by atoms with Crippen molar-refractivity contribution in [3.05, 3.63) is 32.2 Å². The van der Waals surface area contributed by atoms with Gasteiger partial charge in [0.25, 0.3) is 0 Å². The summed E-state index contributed by atoms with van der Waals surface area (Å²) in [4.78, 5) is 11.4. The molecule has 1 rings (SSSR count). The molecule has 16 heavy (non-hydrogen) atoms. The minimum absolute atomic E-state index is 0.195. The summed E-state index contributed by atoms with van der Waals surface area (Å²) < 4.78 is 6.86. The van der Waals surface area contributed by atoms with Gasteiger partial charge in [0.15, 0.2) is 0 Å². The number of ether oxygens (including phenoxy) is 1. The summed E-state index contributed by atoms with van der Waals surface area (Å²) in [6.45, 7) is 2.22. The van der Waals surface area contributed by atoms with Crippen LogP contribution in [0.15, 0.2) is 21.1 Å². The molecular formula is C11H11Br3O2. The summed E-state index contributed by atoms with van der Waals surface area (Å²) in [7, 11) is 0. The Morgan fingerprint density at radius 1 is 1.25 bits per heavy atom. The molecule has 0 heterocycles. The van der Waals surface area contributed by atoms with Crippen LogP contribution in [0.4, 0.5) is 0 Å². The minimum Gasteiger partial charge on any atom is -0.466 e. The Balaban J connectivity index is 2.94. The maximum Gasteiger partial charge on any atom is 0.310 e. The monoisotopic (exact) mass is 412 g/mol. The molecule has 0 atom stereocenters. The Morgan fingerprint density at radius 2 is 1.81 bits per heavy atom. The van der Waals surface area contributed by atoms with Crippen molar-refractivity contribution in [1.82, 2.24) is 0 Å². The van der Waals surface area contributed by atoms with Gasteiger partial charge in [0.05, 0.1) is 13.0 Å². The fourth-order valence-corrected chi connectivity index (χ4v) is 2.59. The minimum atomic E-state index is -0.195. The van der Waals surface area contributed by atoms with Crippen LogP contribution in [-0.4, -0.2) is 12.6 Å². The maximum atomic E-state index is 11.4. The molecule has 0 aliphatic heterocycles. The highest BCUT2D eigenvalue weighted by atomic mass is 79.9. The zero-order chi connectivity index (χ0) is 12.1. The van der Waals surface area contributed by atoms with E-state index < -0.39 is 0 Å². The van der Waals surface area contributed by atoms with Gasteiger partial charge in [-0.3, -0.25) is 4.79 Å². The lowest BCUT2D eigenvalue weighted by Gasteiger charge is -2.09. The van der Waals surface area contributed by atoms with Gasteiger partial charge in [0, 0.05) is 14.3 Å². The predicted molar refractivity (Wildman–Crippen MR) is 74.8 cm³/mol.